The average molecular weight is 312 g/mol. The molecule has 0 spiro atoms. The summed E-state index contributed by atoms with van der Waals surface area (Å²) in [6.45, 7) is 4.00. The van der Waals surface area contributed by atoms with Gasteiger partial charge in [0.1, 0.15) is 6.42 Å². The van der Waals surface area contributed by atoms with Gasteiger partial charge in [-0.1, -0.05) is 25.4 Å². The molecule has 0 aliphatic carbocycles. The van der Waals surface area contributed by atoms with E-state index in [1.807, 2.05) is 19.2 Å². The quantitative estimate of drug-likeness (QED) is 0.834. The molecule has 0 aromatic heterocycles. The molecule has 0 aliphatic heterocycles. The molecular formula is C12H13ClF3NO3. The third kappa shape index (κ3) is 5.92. The fourth-order valence-electron chi connectivity index (χ4n) is 1.16. The molecule has 0 aliphatic rings. The number of nitrogens with one attached hydrogen (secondary N) is 1. The molecule has 1 rings (SSSR count). The predicted octanol–water partition coefficient (Wildman–Crippen LogP) is 3.80. The number of rotatable bonds is 3. The first kappa shape index (κ1) is 18.2. The van der Waals surface area contributed by atoms with E-state index in [2.05, 4.69) is 0 Å². The number of alkyl halides is 3. The summed E-state index contributed by atoms with van der Waals surface area (Å²) < 4.78 is 37.5. The summed E-state index contributed by atoms with van der Waals surface area (Å²) in [6.07, 6.45) is -5.48. The van der Waals surface area contributed by atoms with Crippen LogP contribution in [0.1, 0.15) is 25.8 Å². The van der Waals surface area contributed by atoms with Gasteiger partial charge in [0.05, 0.1) is 10.6 Å². The highest BCUT2D eigenvalue weighted by Crippen LogP contribution is 2.36. The van der Waals surface area contributed by atoms with E-state index in [1.54, 1.807) is 0 Å². The van der Waals surface area contributed by atoms with Crippen molar-refractivity contribution in [1.29, 1.82) is 0 Å². The number of carbonyl (C=O) groups is 2. The first-order chi connectivity index (χ1) is 9.20. The van der Waals surface area contributed by atoms with Crippen molar-refractivity contribution in [1.82, 2.24) is 0 Å². The summed E-state index contributed by atoms with van der Waals surface area (Å²) >= 11 is 5.37. The van der Waals surface area contributed by atoms with Crippen LogP contribution in [0.15, 0.2) is 18.2 Å². The van der Waals surface area contributed by atoms with Crippen molar-refractivity contribution in [2.45, 2.75) is 26.4 Å². The highest BCUT2D eigenvalue weighted by Gasteiger charge is 2.33. The van der Waals surface area contributed by atoms with Crippen molar-refractivity contribution in [2.24, 2.45) is 0 Å². The van der Waals surface area contributed by atoms with Gasteiger partial charge in [-0.05, 0) is 18.2 Å². The molecule has 0 saturated carbocycles. The number of hydrogen-bond acceptors (Lipinski definition) is 2. The van der Waals surface area contributed by atoms with Gasteiger partial charge in [0, 0.05) is 5.69 Å². The number of carboxylic acids is 1. The molecule has 0 bridgehead atoms. The maximum atomic E-state index is 12.5. The lowest BCUT2D eigenvalue weighted by atomic mass is 10.2. The Morgan fingerprint density at radius 1 is 1.30 bits per heavy atom. The molecule has 1 aromatic rings. The highest BCUT2D eigenvalue weighted by atomic mass is 35.5. The van der Waals surface area contributed by atoms with Crippen LogP contribution in [-0.2, 0) is 15.8 Å². The summed E-state index contributed by atoms with van der Waals surface area (Å²) in [5.74, 6) is -2.30. The molecule has 0 atom stereocenters. The maximum Gasteiger partial charge on any atom is 0.417 e. The van der Waals surface area contributed by atoms with Crippen molar-refractivity contribution in [2.75, 3.05) is 5.32 Å². The van der Waals surface area contributed by atoms with Crippen molar-refractivity contribution in [3.63, 3.8) is 0 Å². The third-order valence-corrected chi connectivity index (χ3v) is 2.20. The van der Waals surface area contributed by atoms with Crippen LogP contribution < -0.4 is 5.32 Å². The largest absolute Gasteiger partial charge is 0.481 e. The van der Waals surface area contributed by atoms with Crippen LogP contribution in [0.25, 0.3) is 0 Å². The number of benzene rings is 1. The van der Waals surface area contributed by atoms with Crippen LogP contribution in [0, 0.1) is 0 Å². The Hall–Kier alpha value is -1.76. The smallest absolute Gasteiger partial charge is 0.417 e. The first-order valence-electron chi connectivity index (χ1n) is 5.58. The molecule has 0 radical (unpaired) electrons. The standard InChI is InChI=1S/C10H7ClF3NO3.C2H6/c11-7-2-1-5(3-6(7)10(12,13)14)15-8(16)4-9(17)18;1-2/h1-3H,4H2,(H,15,16)(H,17,18);1-2H3. The lowest BCUT2D eigenvalue weighted by Gasteiger charge is -2.11. The Labute approximate surface area is 118 Å². The van der Waals surface area contributed by atoms with Crippen LogP contribution in [-0.4, -0.2) is 17.0 Å². The van der Waals surface area contributed by atoms with Crippen LogP contribution in [0.2, 0.25) is 5.02 Å². The number of anilines is 1. The SMILES string of the molecule is CC.O=C(O)CC(=O)Nc1ccc(Cl)c(C(F)(F)F)c1. The van der Waals surface area contributed by atoms with E-state index in [-0.39, 0.29) is 5.69 Å². The Bertz CT molecular complexity index is 489. The normalized spacial score (nSPS) is 10.3. The molecule has 8 heteroatoms. The molecule has 2 N–H and O–H groups in total. The van der Waals surface area contributed by atoms with Gasteiger partial charge >= 0.3 is 12.1 Å². The molecule has 1 amide bonds. The minimum absolute atomic E-state index is 0.169. The zero-order chi connectivity index (χ0) is 15.9. The van der Waals surface area contributed by atoms with Crippen molar-refractivity contribution >= 4 is 29.2 Å². The molecule has 4 nitrogen and oxygen atoms in total. The Morgan fingerprint density at radius 3 is 2.30 bits per heavy atom. The van der Waals surface area contributed by atoms with Gasteiger partial charge in [0.15, 0.2) is 0 Å². The van der Waals surface area contributed by atoms with E-state index in [1.165, 1.54) is 0 Å². The lowest BCUT2D eigenvalue weighted by Crippen LogP contribution is -2.16. The van der Waals surface area contributed by atoms with Gasteiger partial charge in [-0.15, -0.1) is 0 Å². The first-order valence-corrected chi connectivity index (χ1v) is 5.96. The molecule has 0 saturated heterocycles. The molecule has 0 unspecified atom stereocenters. The van der Waals surface area contributed by atoms with Gasteiger partial charge in [-0.25, -0.2) is 0 Å². The van der Waals surface area contributed by atoms with Crippen LogP contribution in [0.3, 0.4) is 0 Å². The number of amides is 1. The second kappa shape index (κ2) is 7.74. The number of carboxylic acid groups (broad SMARTS) is 1. The average Bonchev–Trinajstić information content (AvgIpc) is 2.31. The van der Waals surface area contributed by atoms with E-state index in [4.69, 9.17) is 16.7 Å². The molecule has 0 fully saturated rings. The van der Waals surface area contributed by atoms with Gasteiger partial charge in [-0.3, -0.25) is 9.59 Å². The Balaban J connectivity index is 0.00000172. The van der Waals surface area contributed by atoms with E-state index in [0.717, 1.165) is 12.1 Å². The summed E-state index contributed by atoms with van der Waals surface area (Å²) in [5.41, 5.74) is -1.27. The highest BCUT2D eigenvalue weighted by molar-refractivity contribution is 6.31. The molecule has 20 heavy (non-hydrogen) atoms. The van der Waals surface area contributed by atoms with Gasteiger partial charge in [0.25, 0.3) is 0 Å². The summed E-state index contributed by atoms with van der Waals surface area (Å²) in [5, 5.41) is 9.86. The van der Waals surface area contributed by atoms with Crippen LogP contribution in [0.5, 0.6) is 0 Å². The second-order valence-electron chi connectivity index (χ2n) is 3.31. The fourth-order valence-corrected chi connectivity index (χ4v) is 1.39. The second-order valence-corrected chi connectivity index (χ2v) is 3.72. The Kier molecular flexibility index (Phi) is 7.06. The lowest BCUT2D eigenvalue weighted by molar-refractivity contribution is -0.140. The van der Waals surface area contributed by atoms with E-state index in [0.29, 0.717) is 6.07 Å². The van der Waals surface area contributed by atoms with Gasteiger partial charge in [-0.2, -0.15) is 13.2 Å². The molecule has 1 aromatic carbocycles. The molecule has 0 heterocycles. The zero-order valence-corrected chi connectivity index (χ0v) is 11.5. The minimum Gasteiger partial charge on any atom is -0.481 e. The fraction of sp³-hybridized carbons (Fsp3) is 0.333. The minimum atomic E-state index is -4.65. The zero-order valence-electron chi connectivity index (χ0n) is 10.7. The number of carbonyl (C=O) groups excluding carboxylic acids is 1. The number of halogens is 4. The van der Waals surface area contributed by atoms with E-state index < -0.39 is 35.1 Å². The van der Waals surface area contributed by atoms with Gasteiger partial charge < -0.3 is 10.4 Å². The summed E-state index contributed by atoms with van der Waals surface area (Å²) in [6, 6.07) is 2.76. The topological polar surface area (TPSA) is 66.4 Å². The van der Waals surface area contributed by atoms with E-state index in [9.17, 15) is 22.8 Å². The number of hydrogen-bond donors (Lipinski definition) is 2. The van der Waals surface area contributed by atoms with Crippen molar-refractivity contribution in [3.8, 4) is 0 Å². The van der Waals surface area contributed by atoms with E-state index >= 15 is 0 Å². The molecule has 112 valence electrons. The van der Waals surface area contributed by atoms with Crippen LogP contribution >= 0.6 is 11.6 Å². The Morgan fingerprint density at radius 2 is 1.85 bits per heavy atom. The monoisotopic (exact) mass is 311 g/mol. The summed E-state index contributed by atoms with van der Waals surface area (Å²) in [4.78, 5) is 21.3. The summed E-state index contributed by atoms with van der Waals surface area (Å²) in [7, 11) is 0. The third-order valence-electron chi connectivity index (χ3n) is 1.87. The van der Waals surface area contributed by atoms with Crippen LogP contribution in [0.4, 0.5) is 18.9 Å². The van der Waals surface area contributed by atoms with Crippen molar-refractivity contribution < 1.29 is 27.9 Å². The predicted molar refractivity (Wildman–Crippen MR) is 68.7 cm³/mol. The van der Waals surface area contributed by atoms with Gasteiger partial charge in [0.2, 0.25) is 5.91 Å². The maximum absolute atomic E-state index is 12.5. The number of aliphatic carboxylic acids is 1. The van der Waals surface area contributed by atoms with Crippen molar-refractivity contribution in [3.05, 3.63) is 28.8 Å². The molecular weight excluding hydrogens is 299 g/mol.